The fourth-order valence-electron chi connectivity index (χ4n) is 5.85. The van der Waals surface area contributed by atoms with Crippen LogP contribution in [-0.2, 0) is 0 Å². The van der Waals surface area contributed by atoms with Crippen LogP contribution in [0.15, 0.2) is 24.3 Å². The second kappa shape index (κ2) is 8.77. The summed E-state index contributed by atoms with van der Waals surface area (Å²) in [5.74, 6) is 3.48. The molecule has 0 amide bonds. The Morgan fingerprint density at radius 1 is 0.935 bits per heavy atom. The van der Waals surface area contributed by atoms with E-state index in [1.807, 2.05) is 26.2 Å². The molecular weight excluding hydrogens is 404 g/mol. The molecule has 5 rings (SSSR count). The largest absolute Gasteiger partial charge is 0.362 e. The number of para-hydroxylation sites is 1. The van der Waals surface area contributed by atoms with Gasteiger partial charge in [-0.05, 0) is 81.1 Å². The fourth-order valence-corrected chi connectivity index (χ4v) is 6.16. The van der Waals surface area contributed by atoms with Crippen molar-refractivity contribution < 1.29 is 0 Å². The smallest absolute Gasteiger partial charge is 0.225 e. The molecule has 3 aliphatic rings. The second-order valence-electron chi connectivity index (χ2n) is 9.87. The highest BCUT2D eigenvalue weighted by molar-refractivity contribution is 7.80. The van der Waals surface area contributed by atoms with Crippen LogP contribution in [0.3, 0.4) is 0 Å². The topological polar surface area (TPSA) is 65.1 Å². The first-order valence-electron chi connectivity index (χ1n) is 11.8. The molecule has 1 heterocycles. The third-order valence-corrected chi connectivity index (χ3v) is 7.69. The number of nitrogens with zero attached hydrogens (tertiary/aromatic N) is 3. The zero-order valence-electron chi connectivity index (χ0n) is 18.6. The molecule has 31 heavy (non-hydrogen) atoms. The van der Waals surface area contributed by atoms with Crippen molar-refractivity contribution in [3.63, 3.8) is 0 Å². The summed E-state index contributed by atoms with van der Waals surface area (Å²) < 4.78 is 0. The highest BCUT2D eigenvalue weighted by Gasteiger charge is 2.39. The quantitative estimate of drug-likeness (QED) is 0.608. The van der Waals surface area contributed by atoms with Crippen molar-refractivity contribution in [2.45, 2.75) is 69.5 Å². The van der Waals surface area contributed by atoms with Crippen molar-refractivity contribution in [1.82, 2.24) is 20.6 Å². The number of anilines is 2. The Morgan fingerprint density at radius 3 is 2.42 bits per heavy atom. The van der Waals surface area contributed by atoms with Gasteiger partial charge in [0.25, 0.3) is 0 Å². The van der Waals surface area contributed by atoms with Crippen LogP contribution in [0.2, 0.25) is 0 Å². The lowest BCUT2D eigenvalue weighted by Crippen LogP contribution is -2.49. The van der Waals surface area contributed by atoms with Gasteiger partial charge in [0.2, 0.25) is 5.95 Å². The van der Waals surface area contributed by atoms with Crippen molar-refractivity contribution in [2.24, 2.45) is 11.8 Å². The first-order chi connectivity index (χ1) is 15.0. The number of aromatic nitrogens is 2. The van der Waals surface area contributed by atoms with Gasteiger partial charge in [-0.25, -0.2) is 4.98 Å². The van der Waals surface area contributed by atoms with E-state index >= 15 is 0 Å². The van der Waals surface area contributed by atoms with Crippen LogP contribution < -0.4 is 20.9 Å². The number of nitrogens with one attached hydrogen (secondary N) is 3. The molecule has 2 aromatic rings. The highest BCUT2D eigenvalue weighted by Crippen LogP contribution is 2.44. The summed E-state index contributed by atoms with van der Waals surface area (Å²) in [6.07, 6.45) is 9.96. The first-order valence-corrected chi connectivity index (χ1v) is 12.2. The van der Waals surface area contributed by atoms with E-state index in [2.05, 4.69) is 33.0 Å². The van der Waals surface area contributed by atoms with Crippen LogP contribution in [0.5, 0.6) is 0 Å². The molecule has 7 heteroatoms. The number of hydrogen-bond donors (Lipinski definition) is 3. The van der Waals surface area contributed by atoms with Crippen molar-refractivity contribution in [3.8, 4) is 0 Å². The van der Waals surface area contributed by atoms with Gasteiger partial charge in [-0.1, -0.05) is 18.6 Å². The van der Waals surface area contributed by atoms with Gasteiger partial charge in [-0.2, -0.15) is 4.98 Å². The van der Waals surface area contributed by atoms with Crippen molar-refractivity contribution >= 4 is 40.0 Å². The molecule has 166 valence electrons. The molecule has 3 atom stereocenters. The molecule has 6 nitrogen and oxygen atoms in total. The minimum atomic E-state index is 0.404. The Hall–Kier alpha value is -2.15. The summed E-state index contributed by atoms with van der Waals surface area (Å²) in [5, 5.41) is 12.8. The third kappa shape index (κ3) is 4.56. The van der Waals surface area contributed by atoms with Crippen LogP contribution in [0.4, 0.5) is 11.8 Å². The van der Waals surface area contributed by atoms with E-state index in [9.17, 15) is 0 Å². The average Bonchev–Trinajstić information content (AvgIpc) is 3.37. The number of thiocarbonyl (C=S) groups is 1. The van der Waals surface area contributed by atoms with Gasteiger partial charge >= 0.3 is 0 Å². The Labute approximate surface area is 190 Å². The second-order valence-corrected chi connectivity index (χ2v) is 10.3. The van der Waals surface area contributed by atoms with Gasteiger partial charge in [-0.3, -0.25) is 0 Å². The molecule has 0 aliphatic heterocycles. The molecule has 1 aromatic carbocycles. The van der Waals surface area contributed by atoms with Crippen LogP contribution >= 0.6 is 12.2 Å². The van der Waals surface area contributed by atoms with E-state index in [1.165, 1.54) is 25.7 Å². The lowest BCUT2D eigenvalue weighted by molar-refractivity contribution is 0.369. The summed E-state index contributed by atoms with van der Waals surface area (Å²) >= 11 is 5.64. The Balaban J connectivity index is 1.14. The summed E-state index contributed by atoms with van der Waals surface area (Å²) in [7, 11) is 4.06. The van der Waals surface area contributed by atoms with Crippen LogP contribution in [0.1, 0.15) is 51.4 Å². The molecule has 3 N–H and O–H groups in total. The number of hydrogen-bond acceptors (Lipinski definition) is 5. The molecule has 3 fully saturated rings. The summed E-state index contributed by atoms with van der Waals surface area (Å²) in [5.41, 5.74) is 0.982. The standard InChI is InChI=1S/C24H34N6S/c1-30(2)22-19-5-3-4-6-20(19)27-23(29-22)25-17-9-11-18(12-10-17)26-24(31)28-21-14-15-7-8-16(21)13-15/h3-6,15-18,21H,7-14H2,1-2H3,(H,25,27,29)(H2,26,28,31)/t15-,16-,17?,18?,21?/m0/s1. The maximum atomic E-state index is 5.64. The van der Waals surface area contributed by atoms with Crippen molar-refractivity contribution in [1.29, 1.82) is 0 Å². The van der Waals surface area contributed by atoms with E-state index in [0.717, 1.165) is 65.3 Å². The molecule has 3 saturated carbocycles. The van der Waals surface area contributed by atoms with Gasteiger partial charge in [0.15, 0.2) is 5.11 Å². The molecule has 3 aliphatic carbocycles. The Morgan fingerprint density at radius 2 is 1.71 bits per heavy atom. The lowest BCUT2D eigenvalue weighted by Gasteiger charge is -2.32. The summed E-state index contributed by atoms with van der Waals surface area (Å²) in [6, 6.07) is 9.68. The minimum Gasteiger partial charge on any atom is -0.362 e. The first kappa shape index (κ1) is 20.7. The average molecular weight is 439 g/mol. The van der Waals surface area contributed by atoms with Gasteiger partial charge in [0.1, 0.15) is 5.82 Å². The molecule has 1 aromatic heterocycles. The number of rotatable bonds is 5. The Bertz CT molecular complexity index is 939. The molecule has 2 bridgehead atoms. The minimum absolute atomic E-state index is 0.404. The maximum Gasteiger partial charge on any atom is 0.225 e. The molecule has 1 unspecified atom stereocenters. The number of fused-ring (bicyclic) bond motifs is 3. The zero-order chi connectivity index (χ0) is 21.4. The van der Waals surface area contributed by atoms with Crippen molar-refractivity contribution in [3.05, 3.63) is 24.3 Å². The molecular formula is C24H34N6S. The van der Waals surface area contributed by atoms with E-state index < -0.39 is 0 Å². The maximum absolute atomic E-state index is 5.64. The predicted molar refractivity (Wildman–Crippen MR) is 132 cm³/mol. The van der Waals surface area contributed by atoms with Crippen molar-refractivity contribution in [2.75, 3.05) is 24.3 Å². The zero-order valence-corrected chi connectivity index (χ0v) is 19.4. The SMILES string of the molecule is CN(C)c1nc(NC2CCC(NC(=S)NC3C[C@H]4CC[C@H]3C4)CC2)nc2ccccc12. The monoisotopic (exact) mass is 438 g/mol. The van der Waals surface area contributed by atoms with E-state index in [0.29, 0.717) is 18.1 Å². The lowest BCUT2D eigenvalue weighted by atomic mass is 9.91. The van der Waals surface area contributed by atoms with Gasteiger partial charge in [0.05, 0.1) is 5.52 Å². The van der Waals surface area contributed by atoms with E-state index in [4.69, 9.17) is 22.2 Å². The summed E-state index contributed by atoms with van der Waals surface area (Å²) in [4.78, 5) is 11.6. The predicted octanol–water partition coefficient (Wildman–Crippen LogP) is 4.07. The summed E-state index contributed by atoms with van der Waals surface area (Å²) in [6.45, 7) is 0. The van der Waals surface area contributed by atoms with Gasteiger partial charge in [0, 0.05) is 37.6 Å². The van der Waals surface area contributed by atoms with Crippen LogP contribution in [0.25, 0.3) is 10.9 Å². The molecule has 0 saturated heterocycles. The van der Waals surface area contributed by atoms with Gasteiger partial charge in [-0.15, -0.1) is 0 Å². The van der Waals surface area contributed by atoms with Gasteiger partial charge < -0.3 is 20.9 Å². The Kier molecular flexibility index (Phi) is 5.87. The number of benzene rings is 1. The molecule has 0 radical (unpaired) electrons. The fraction of sp³-hybridized carbons (Fsp3) is 0.625. The van der Waals surface area contributed by atoms with Crippen LogP contribution in [0, 0.1) is 11.8 Å². The van der Waals surface area contributed by atoms with Crippen LogP contribution in [-0.4, -0.2) is 47.3 Å². The third-order valence-electron chi connectivity index (χ3n) is 7.46. The normalized spacial score (nSPS) is 29.7. The van der Waals surface area contributed by atoms with E-state index in [1.54, 1.807) is 0 Å². The highest BCUT2D eigenvalue weighted by atomic mass is 32.1. The van der Waals surface area contributed by atoms with E-state index in [-0.39, 0.29) is 0 Å². The molecule has 0 spiro atoms.